The lowest BCUT2D eigenvalue weighted by Gasteiger charge is -2.18. The molecule has 0 aliphatic carbocycles. The van der Waals surface area contributed by atoms with Gasteiger partial charge in [-0.15, -0.1) is 0 Å². The maximum absolute atomic E-state index is 5.91. The molecule has 1 aromatic heterocycles. The van der Waals surface area contributed by atoms with E-state index in [4.69, 9.17) is 15.0 Å². The Balaban J connectivity index is 1.93. The van der Waals surface area contributed by atoms with E-state index in [1.54, 1.807) is 0 Å². The van der Waals surface area contributed by atoms with Crippen LogP contribution in [0.5, 0.6) is 0 Å². The Morgan fingerprint density at radius 2 is 2.15 bits per heavy atom. The summed E-state index contributed by atoms with van der Waals surface area (Å²) in [7, 11) is 0. The molecule has 0 amide bonds. The first-order valence-electron chi connectivity index (χ1n) is 6.93. The smallest absolute Gasteiger partial charge is 0.258 e. The van der Waals surface area contributed by atoms with Crippen molar-refractivity contribution >= 4 is 5.69 Å². The van der Waals surface area contributed by atoms with Crippen LogP contribution < -0.4 is 5.73 Å². The zero-order chi connectivity index (χ0) is 14.1. The molecule has 1 atom stereocenters. The Hall–Kier alpha value is -1.88. The second-order valence-corrected chi connectivity index (χ2v) is 5.38. The van der Waals surface area contributed by atoms with Crippen LogP contribution in [0.15, 0.2) is 16.7 Å². The number of nitrogens with zero attached hydrogens (tertiary/aromatic N) is 2. The molecule has 1 aliphatic heterocycles. The topological polar surface area (TPSA) is 74.2 Å². The number of ether oxygens (including phenoxy) is 1. The summed E-state index contributed by atoms with van der Waals surface area (Å²) < 4.78 is 10.9. The summed E-state index contributed by atoms with van der Waals surface area (Å²) in [5.41, 5.74) is 9.78. The van der Waals surface area contributed by atoms with E-state index in [1.807, 2.05) is 26.0 Å². The molecule has 5 nitrogen and oxygen atoms in total. The molecule has 1 unspecified atom stereocenters. The zero-order valence-corrected chi connectivity index (χ0v) is 11.8. The van der Waals surface area contributed by atoms with Crippen molar-refractivity contribution in [2.75, 3.05) is 18.9 Å². The fraction of sp³-hybridized carbons (Fsp3) is 0.467. The second-order valence-electron chi connectivity index (χ2n) is 5.38. The predicted octanol–water partition coefficient (Wildman–Crippen LogP) is 2.83. The van der Waals surface area contributed by atoms with Crippen LogP contribution in [0.25, 0.3) is 11.5 Å². The van der Waals surface area contributed by atoms with Crippen LogP contribution in [0.4, 0.5) is 5.69 Å². The first-order chi connectivity index (χ1) is 9.65. The van der Waals surface area contributed by atoms with Gasteiger partial charge in [0.2, 0.25) is 0 Å². The minimum absolute atomic E-state index is 0.240. The number of nitrogens with two attached hydrogens (primary N) is 1. The predicted molar refractivity (Wildman–Crippen MR) is 76.4 cm³/mol. The highest BCUT2D eigenvalue weighted by Crippen LogP contribution is 2.29. The lowest BCUT2D eigenvalue weighted by Crippen LogP contribution is -2.16. The lowest BCUT2D eigenvalue weighted by molar-refractivity contribution is 0.0773. The summed E-state index contributed by atoms with van der Waals surface area (Å²) in [5, 5.41) is 4.11. The minimum atomic E-state index is 0.240. The molecular formula is C15H19N3O2. The van der Waals surface area contributed by atoms with E-state index < -0.39 is 0 Å². The van der Waals surface area contributed by atoms with Crippen LogP contribution in [0, 0.1) is 13.8 Å². The summed E-state index contributed by atoms with van der Waals surface area (Å²) in [6.45, 7) is 5.57. The van der Waals surface area contributed by atoms with Crippen molar-refractivity contribution < 1.29 is 9.26 Å². The fourth-order valence-corrected chi connectivity index (χ4v) is 2.56. The fourth-order valence-electron chi connectivity index (χ4n) is 2.56. The van der Waals surface area contributed by atoms with Crippen molar-refractivity contribution in [1.82, 2.24) is 10.1 Å². The Morgan fingerprint density at radius 3 is 2.90 bits per heavy atom. The molecule has 0 radical (unpaired) electrons. The maximum Gasteiger partial charge on any atom is 0.258 e. The van der Waals surface area contributed by atoms with E-state index in [2.05, 4.69) is 10.1 Å². The number of aromatic nitrogens is 2. The molecule has 1 saturated heterocycles. The van der Waals surface area contributed by atoms with Crippen LogP contribution in [0.2, 0.25) is 0 Å². The van der Waals surface area contributed by atoms with Gasteiger partial charge in [0.25, 0.3) is 5.89 Å². The monoisotopic (exact) mass is 273 g/mol. The number of benzene rings is 1. The van der Waals surface area contributed by atoms with Gasteiger partial charge in [0, 0.05) is 23.8 Å². The van der Waals surface area contributed by atoms with Crippen LogP contribution in [-0.4, -0.2) is 23.4 Å². The highest BCUT2D eigenvalue weighted by molar-refractivity contribution is 5.66. The molecule has 20 heavy (non-hydrogen) atoms. The first-order valence-corrected chi connectivity index (χ1v) is 6.93. The van der Waals surface area contributed by atoms with Gasteiger partial charge < -0.3 is 15.0 Å². The normalized spacial score (nSPS) is 19.2. The van der Waals surface area contributed by atoms with Gasteiger partial charge in [-0.1, -0.05) is 5.16 Å². The maximum atomic E-state index is 5.91. The molecular weight excluding hydrogens is 254 g/mol. The van der Waals surface area contributed by atoms with Crippen LogP contribution >= 0.6 is 0 Å². The number of aryl methyl sites for hydroxylation is 1. The van der Waals surface area contributed by atoms with Crippen molar-refractivity contribution in [2.24, 2.45) is 0 Å². The highest BCUT2D eigenvalue weighted by Gasteiger charge is 2.22. The molecule has 3 rings (SSSR count). The van der Waals surface area contributed by atoms with Gasteiger partial charge in [-0.05, 0) is 49.9 Å². The summed E-state index contributed by atoms with van der Waals surface area (Å²) in [5.74, 6) is 1.52. The summed E-state index contributed by atoms with van der Waals surface area (Å²) in [6, 6.07) is 3.84. The third kappa shape index (κ3) is 2.41. The minimum Gasteiger partial charge on any atom is -0.399 e. The lowest BCUT2D eigenvalue weighted by atomic mass is 10.0. The average Bonchev–Trinajstić information content (AvgIpc) is 2.93. The standard InChI is InChI=1S/C15H19N3O2/c1-9-6-12(16)7-13(10(9)2)15-17-14(18-20-15)11-4-3-5-19-8-11/h6-7,11H,3-5,8,16H2,1-2H3. The highest BCUT2D eigenvalue weighted by atomic mass is 16.5. The van der Waals surface area contributed by atoms with Gasteiger partial charge in [0.1, 0.15) is 0 Å². The molecule has 0 bridgehead atoms. The van der Waals surface area contributed by atoms with Gasteiger partial charge in [-0.25, -0.2) is 0 Å². The van der Waals surface area contributed by atoms with E-state index >= 15 is 0 Å². The summed E-state index contributed by atoms with van der Waals surface area (Å²) in [4.78, 5) is 4.53. The van der Waals surface area contributed by atoms with Crippen molar-refractivity contribution in [3.05, 3.63) is 29.1 Å². The van der Waals surface area contributed by atoms with Crippen molar-refractivity contribution in [3.63, 3.8) is 0 Å². The third-order valence-corrected chi connectivity index (χ3v) is 3.89. The number of nitrogen functional groups attached to an aromatic ring is 1. The van der Waals surface area contributed by atoms with Crippen molar-refractivity contribution in [2.45, 2.75) is 32.6 Å². The van der Waals surface area contributed by atoms with Crippen LogP contribution in [0.1, 0.15) is 35.7 Å². The molecule has 2 N–H and O–H groups in total. The molecule has 106 valence electrons. The molecule has 2 heterocycles. The zero-order valence-electron chi connectivity index (χ0n) is 11.8. The Bertz CT molecular complexity index is 616. The summed E-state index contributed by atoms with van der Waals surface area (Å²) in [6.07, 6.45) is 2.10. The molecule has 1 aliphatic rings. The van der Waals surface area contributed by atoms with E-state index in [9.17, 15) is 0 Å². The summed E-state index contributed by atoms with van der Waals surface area (Å²) >= 11 is 0. The van der Waals surface area contributed by atoms with E-state index in [0.29, 0.717) is 18.2 Å². The largest absolute Gasteiger partial charge is 0.399 e. The van der Waals surface area contributed by atoms with Gasteiger partial charge in [0.05, 0.1) is 6.61 Å². The Labute approximate surface area is 118 Å². The molecule has 1 aromatic carbocycles. The quantitative estimate of drug-likeness (QED) is 0.852. The number of anilines is 1. The third-order valence-electron chi connectivity index (χ3n) is 3.89. The van der Waals surface area contributed by atoms with Crippen molar-refractivity contribution in [1.29, 1.82) is 0 Å². The number of hydrogen-bond donors (Lipinski definition) is 1. The molecule has 2 aromatic rings. The van der Waals surface area contributed by atoms with Gasteiger partial charge in [0.15, 0.2) is 5.82 Å². The van der Waals surface area contributed by atoms with Crippen molar-refractivity contribution in [3.8, 4) is 11.5 Å². The molecule has 5 heteroatoms. The average molecular weight is 273 g/mol. The SMILES string of the molecule is Cc1cc(N)cc(-c2nc(C3CCCOC3)no2)c1C. The van der Waals surface area contributed by atoms with Gasteiger partial charge in [-0.2, -0.15) is 4.98 Å². The first kappa shape index (κ1) is 13.1. The van der Waals surface area contributed by atoms with E-state index in [1.165, 1.54) is 0 Å². The van der Waals surface area contributed by atoms with Gasteiger partial charge >= 0.3 is 0 Å². The van der Waals surface area contributed by atoms with E-state index in [0.717, 1.165) is 42.0 Å². The number of hydrogen-bond acceptors (Lipinski definition) is 5. The van der Waals surface area contributed by atoms with Crippen LogP contribution in [0.3, 0.4) is 0 Å². The number of rotatable bonds is 2. The Morgan fingerprint density at radius 1 is 1.30 bits per heavy atom. The Kier molecular flexibility index (Phi) is 3.44. The second kappa shape index (κ2) is 5.25. The van der Waals surface area contributed by atoms with Crippen LogP contribution in [-0.2, 0) is 4.74 Å². The molecule has 0 spiro atoms. The van der Waals surface area contributed by atoms with E-state index in [-0.39, 0.29) is 5.92 Å². The molecule has 0 saturated carbocycles. The molecule has 1 fully saturated rings. The van der Waals surface area contributed by atoms with Gasteiger partial charge in [-0.3, -0.25) is 0 Å².